The molecular formula is C26H46Ge. The first kappa shape index (κ1) is 24.5. The van der Waals surface area contributed by atoms with Crippen LogP contribution in [-0.4, -0.2) is 13.3 Å². The Kier molecular flexibility index (Phi) is 15.0. The first-order valence-electron chi connectivity index (χ1n) is 12.0. The maximum atomic E-state index is 2.80. The molecule has 0 aliphatic carbocycles. The second kappa shape index (κ2) is 16.5. The van der Waals surface area contributed by atoms with Gasteiger partial charge in [0.1, 0.15) is 0 Å². The molecule has 0 atom stereocenters. The van der Waals surface area contributed by atoms with E-state index in [4.69, 9.17) is 0 Å². The summed E-state index contributed by atoms with van der Waals surface area (Å²) < 4.78 is 0. The van der Waals surface area contributed by atoms with Gasteiger partial charge in [-0.15, -0.1) is 0 Å². The number of rotatable bonds is 17. The zero-order valence-electron chi connectivity index (χ0n) is 18.6. The van der Waals surface area contributed by atoms with Crippen molar-refractivity contribution in [2.24, 2.45) is 0 Å². The van der Waals surface area contributed by atoms with E-state index >= 15 is 0 Å². The van der Waals surface area contributed by atoms with Gasteiger partial charge in [-0.05, 0) is 0 Å². The van der Waals surface area contributed by atoms with Crippen LogP contribution in [0.5, 0.6) is 0 Å². The Bertz CT molecular complexity index is 431. The van der Waals surface area contributed by atoms with E-state index in [1.807, 2.05) is 0 Å². The van der Waals surface area contributed by atoms with Crippen LogP contribution in [0.3, 0.4) is 0 Å². The number of hydrogen-bond donors (Lipinski definition) is 0. The fraction of sp³-hybridized carbons (Fsp3) is 0.692. The molecule has 154 valence electrons. The van der Waals surface area contributed by atoms with E-state index in [1.165, 1.54) is 82.6 Å². The third-order valence-corrected chi connectivity index (χ3v) is 16.3. The van der Waals surface area contributed by atoms with E-state index in [9.17, 15) is 0 Å². The van der Waals surface area contributed by atoms with Crippen LogP contribution in [0.4, 0.5) is 0 Å². The molecule has 0 N–H and O–H groups in total. The normalized spacial score (nSPS) is 12.1. The molecule has 0 aromatic heterocycles. The Morgan fingerprint density at radius 3 is 1.44 bits per heavy atom. The SMILES string of the molecule is CCCCC[CH2][Ge]([CH]=Cc1ccccc1)([CH2]CCCCC)[CH2]CCCCC. The molecule has 0 saturated heterocycles. The Hall–Kier alpha value is -0.497. The van der Waals surface area contributed by atoms with Gasteiger partial charge in [0.25, 0.3) is 0 Å². The Labute approximate surface area is 173 Å². The van der Waals surface area contributed by atoms with Crippen LogP contribution >= 0.6 is 0 Å². The molecule has 0 heterocycles. The van der Waals surface area contributed by atoms with Crippen LogP contribution in [0, 0.1) is 0 Å². The zero-order chi connectivity index (χ0) is 19.6. The van der Waals surface area contributed by atoms with E-state index in [-0.39, 0.29) is 0 Å². The second-order valence-electron chi connectivity index (χ2n) is 8.54. The molecule has 27 heavy (non-hydrogen) atoms. The summed E-state index contributed by atoms with van der Waals surface area (Å²) in [5.41, 5.74) is 1.41. The van der Waals surface area contributed by atoms with Crippen LogP contribution in [0.1, 0.15) is 103 Å². The summed E-state index contributed by atoms with van der Waals surface area (Å²) in [7, 11) is 0. The van der Waals surface area contributed by atoms with E-state index in [0.29, 0.717) is 0 Å². The Morgan fingerprint density at radius 2 is 1.04 bits per heavy atom. The van der Waals surface area contributed by atoms with Crippen molar-refractivity contribution >= 4 is 19.3 Å². The predicted molar refractivity (Wildman–Crippen MR) is 128 cm³/mol. The van der Waals surface area contributed by atoms with E-state index in [0.717, 1.165) is 0 Å². The van der Waals surface area contributed by atoms with Crippen molar-refractivity contribution in [2.75, 3.05) is 0 Å². The van der Waals surface area contributed by atoms with E-state index in [2.05, 4.69) is 62.1 Å². The summed E-state index contributed by atoms with van der Waals surface area (Å²) in [6, 6.07) is 11.0. The van der Waals surface area contributed by atoms with Gasteiger partial charge in [-0.25, -0.2) is 0 Å². The molecule has 0 amide bonds. The molecule has 0 radical (unpaired) electrons. The van der Waals surface area contributed by atoms with Crippen LogP contribution in [0.2, 0.25) is 15.8 Å². The molecule has 0 saturated carbocycles. The molecule has 0 bridgehead atoms. The summed E-state index contributed by atoms with van der Waals surface area (Å²) in [5, 5.41) is 4.71. The molecule has 1 rings (SSSR count). The van der Waals surface area contributed by atoms with Gasteiger partial charge in [0.15, 0.2) is 0 Å². The fourth-order valence-electron chi connectivity index (χ4n) is 4.17. The zero-order valence-corrected chi connectivity index (χ0v) is 20.7. The Balaban J connectivity index is 2.83. The van der Waals surface area contributed by atoms with E-state index < -0.39 is 13.3 Å². The molecule has 0 fully saturated rings. The summed E-state index contributed by atoms with van der Waals surface area (Å²) in [6.07, 6.45) is 19.6. The van der Waals surface area contributed by atoms with Crippen LogP contribution in [-0.2, 0) is 0 Å². The maximum absolute atomic E-state index is 2.80. The topological polar surface area (TPSA) is 0 Å². The van der Waals surface area contributed by atoms with Crippen molar-refractivity contribution in [3.05, 3.63) is 40.8 Å². The average molecular weight is 431 g/mol. The van der Waals surface area contributed by atoms with Gasteiger partial charge in [0, 0.05) is 0 Å². The van der Waals surface area contributed by atoms with Crippen molar-refractivity contribution in [3.8, 4) is 0 Å². The van der Waals surface area contributed by atoms with Crippen LogP contribution in [0.25, 0.3) is 6.08 Å². The first-order chi connectivity index (χ1) is 13.3. The van der Waals surface area contributed by atoms with Crippen molar-refractivity contribution < 1.29 is 0 Å². The third-order valence-electron chi connectivity index (χ3n) is 6.01. The monoisotopic (exact) mass is 432 g/mol. The quantitative estimate of drug-likeness (QED) is 0.170. The van der Waals surface area contributed by atoms with Gasteiger partial charge in [-0.2, -0.15) is 0 Å². The minimum absolute atomic E-state index is 1.35. The third kappa shape index (κ3) is 11.8. The standard InChI is InChI=1S/C26H46Ge/c1-4-7-10-16-22-27(23-17-11-8-5-2,24-18-12-9-6-3)25-21-26-19-14-13-15-20-26/h13-15,19-21,25H,4-12,16-18,22-24H2,1-3H3. The Morgan fingerprint density at radius 1 is 0.593 bits per heavy atom. The van der Waals surface area contributed by atoms with Gasteiger partial charge in [-0.1, -0.05) is 0 Å². The molecule has 0 unspecified atom stereocenters. The molecule has 0 nitrogen and oxygen atoms in total. The molecule has 1 aromatic rings. The molecule has 1 aromatic carbocycles. The fourth-order valence-corrected chi connectivity index (χ4v) is 13.9. The second-order valence-corrected chi connectivity index (χ2v) is 18.1. The molecule has 0 aliphatic heterocycles. The van der Waals surface area contributed by atoms with E-state index in [1.54, 1.807) is 15.8 Å². The molecular weight excluding hydrogens is 385 g/mol. The van der Waals surface area contributed by atoms with Crippen molar-refractivity contribution in [1.29, 1.82) is 0 Å². The molecule has 1 heteroatoms. The molecule has 0 spiro atoms. The van der Waals surface area contributed by atoms with Crippen molar-refractivity contribution in [3.63, 3.8) is 0 Å². The summed E-state index contributed by atoms with van der Waals surface area (Å²) in [5.74, 6) is 0. The van der Waals surface area contributed by atoms with Crippen LogP contribution < -0.4 is 0 Å². The van der Waals surface area contributed by atoms with Crippen molar-refractivity contribution in [2.45, 2.75) is 114 Å². The van der Waals surface area contributed by atoms with Gasteiger partial charge < -0.3 is 0 Å². The number of hydrogen-bond acceptors (Lipinski definition) is 0. The van der Waals surface area contributed by atoms with Gasteiger partial charge in [-0.3, -0.25) is 0 Å². The van der Waals surface area contributed by atoms with Gasteiger partial charge in [0.05, 0.1) is 0 Å². The van der Waals surface area contributed by atoms with Crippen molar-refractivity contribution in [1.82, 2.24) is 0 Å². The van der Waals surface area contributed by atoms with Crippen LogP contribution in [0.15, 0.2) is 35.2 Å². The summed E-state index contributed by atoms with van der Waals surface area (Å²) in [4.78, 5) is 2.80. The first-order valence-corrected chi connectivity index (χ1v) is 17.7. The van der Waals surface area contributed by atoms with Gasteiger partial charge >= 0.3 is 174 Å². The average Bonchev–Trinajstić information content (AvgIpc) is 2.71. The minimum atomic E-state index is -1.91. The summed E-state index contributed by atoms with van der Waals surface area (Å²) >= 11 is -1.91. The summed E-state index contributed by atoms with van der Waals surface area (Å²) in [6.45, 7) is 7.00. The predicted octanol–water partition coefficient (Wildman–Crippen LogP) is 9.43. The molecule has 0 aliphatic rings. The number of unbranched alkanes of at least 4 members (excludes halogenated alkanes) is 9. The van der Waals surface area contributed by atoms with Gasteiger partial charge in [0.2, 0.25) is 0 Å². The number of benzene rings is 1.